The molecule has 1 aliphatic heterocycles. The van der Waals surface area contributed by atoms with Gasteiger partial charge in [0.05, 0.1) is 24.9 Å². The predicted octanol–water partition coefficient (Wildman–Crippen LogP) is 1.24. The largest absolute Gasteiger partial charge is 0.493 e. The fraction of sp³-hybridized carbons (Fsp3) is 0.333. The highest BCUT2D eigenvalue weighted by atomic mass is 16.5. The number of aromatic amines is 1. The van der Waals surface area contributed by atoms with Crippen molar-refractivity contribution in [1.29, 1.82) is 5.26 Å². The number of nitrogens with two attached hydrogens (primary N) is 1. The van der Waals surface area contributed by atoms with Crippen LogP contribution in [0.15, 0.2) is 40.8 Å². The first kappa shape index (κ1) is 21.7. The fourth-order valence-electron chi connectivity index (χ4n) is 3.42. The molecule has 10 heteroatoms. The summed E-state index contributed by atoms with van der Waals surface area (Å²) in [5.41, 5.74) is 6.26. The second-order valence-corrected chi connectivity index (χ2v) is 6.64. The Morgan fingerprint density at radius 3 is 2.74 bits per heavy atom. The van der Waals surface area contributed by atoms with Gasteiger partial charge in [0, 0.05) is 13.1 Å². The molecule has 0 saturated carbocycles. The van der Waals surface area contributed by atoms with Gasteiger partial charge in [-0.1, -0.05) is 6.07 Å². The smallest absolute Gasteiger partial charge is 0.260 e. The van der Waals surface area contributed by atoms with Crippen LogP contribution in [0.4, 0.5) is 0 Å². The summed E-state index contributed by atoms with van der Waals surface area (Å²) < 4.78 is 16.4. The van der Waals surface area contributed by atoms with Crippen molar-refractivity contribution in [1.82, 2.24) is 14.9 Å². The van der Waals surface area contributed by atoms with Crippen molar-refractivity contribution in [3.63, 3.8) is 0 Å². The van der Waals surface area contributed by atoms with Gasteiger partial charge >= 0.3 is 0 Å². The van der Waals surface area contributed by atoms with Gasteiger partial charge in [0.2, 0.25) is 11.8 Å². The average molecular weight is 425 g/mol. The van der Waals surface area contributed by atoms with Crippen molar-refractivity contribution in [2.75, 3.05) is 26.8 Å². The van der Waals surface area contributed by atoms with Crippen molar-refractivity contribution in [2.24, 2.45) is 5.73 Å². The SMILES string of the molecule is CCN(CC)C(=O)COc1ccc(C2C(C#N)=C(N)Oc3nc[nH]c(=O)c32)cc1OC. The van der Waals surface area contributed by atoms with E-state index in [2.05, 4.69) is 9.97 Å². The lowest BCUT2D eigenvalue weighted by molar-refractivity contribution is -0.132. The summed E-state index contributed by atoms with van der Waals surface area (Å²) in [5.74, 6) is -0.332. The van der Waals surface area contributed by atoms with Crippen molar-refractivity contribution in [3.8, 4) is 23.4 Å². The van der Waals surface area contributed by atoms with Gasteiger partial charge in [0.1, 0.15) is 11.6 Å². The number of carbonyl (C=O) groups excluding carboxylic acids is 1. The molecule has 31 heavy (non-hydrogen) atoms. The Labute approximate surface area is 178 Å². The Bertz CT molecular complexity index is 1110. The monoisotopic (exact) mass is 425 g/mol. The summed E-state index contributed by atoms with van der Waals surface area (Å²) in [6, 6.07) is 6.94. The van der Waals surface area contributed by atoms with Crippen LogP contribution < -0.4 is 25.5 Å². The third-order valence-electron chi connectivity index (χ3n) is 5.01. The first-order chi connectivity index (χ1) is 14.9. The minimum absolute atomic E-state index is 0.0364. The van der Waals surface area contributed by atoms with Crippen LogP contribution in [-0.4, -0.2) is 47.6 Å². The lowest BCUT2D eigenvalue weighted by Gasteiger charge is -2.25. The standard InChI is InChI=1S/C21H23N5O5/c1-4-26(5-2)16(27)10-30-14-7-6-12(8-15(14)29-3)17-13(9-22)19(23)31-21-18(17)20(28)24-11-25-21/h6-8,11,17H,4-5,10,23H2,1-3H3,(H,24,25,28). The van der Waals surface area contributed by atoms with Gasteiger partial charge in [-0.3, -0.25) is 9.59 Å². The predicted molar refractivity (Wildman–Crippen MR) is 111 cm³/mol. The lowest BCUT2D eigenvalue weighted by Crippen LogP contribution is -2.34. The number of allylic oxidation sites excluding steroid dienone is 1. The van der Waals surface area contributed by atoms with Crippen LogP contribution in [0.5, 0.6) is 17.4 Å². The Balaban J connectivity index is 1.98. The Morgan fingerprint density at radius 2 is 2.10 bits per heavy atom. The number of H-pyrrole nitrogens is 1. The van der Waals surface area contributed by atoms with Gasteiger partial charge in [0.25, 0.3) is 11.5 Å². The molecule has 1 amide bonds. The maximum absolute atomic E-state index is 12.5. The number of amides is 1. The molecule has 0 saturated heterocycles. The van der Waals surface area contributed by atoms with Crippen LogP contribution >= 0.6 is 0 Å². The molecule has 1 aromatic heterocycles. The van der Waals surface area contributed by atoms with Crippen molar-refractivity contribution in [2.45, 2.75) is 19.8 Å². The van der Waals surface area contributed by atoms with E-state index in [9.17, 15) is 14.9 Å². The minimum Gasteiger partial charge on any atom is -0.493 e. The number of fused-ring (bicyclic) bond motifs is 1. The number of nitrogens with one attached hydrogen (secondary N) is 1. The van der Waals surface area contributed by atoms with Crippen molar-refractivity contribution in [3.05, 3.63) is 57.5 Å². The summed E-state index contributed by atoms with van der Waals surface area (Å²) in [5, 5.41) is 9.64. The van der Waals surface area contributed by atoms with Gasteiger partial charge in [-0.25, -0.2) is 4.98 Å². The summed E-state index contributed by atoms with van der Waals surface area (Å²) in [6.07, 6.45) is 1.20. The van der Waals surface area contributed by atoms with Crippen molar-refractivity contribution >= 4 is 5.91 Å². The summed E-state index contributed by atoms with van der Waals surface area (Å²) in [4.78, 5) is 32.9. The molecule has 1 atom stereocenters. The topological polar surface area (TPSA) is 144 Å². The van der Waals surface area contributed by atoms with Crippen molar-refractivity contribution < 1.29 is 19.0 Å². The van der Waals surface area contributed by atoms with Crippen LogP contribution in [0.25, 0.3) is 0 Å². The summed E-state index contributed by atoms with van der Waals surface area (Å²) >= 11 is 0. The number of methoxy groups -OCH3 is 1. The number of carbonyl (C=O) groups is 1. The van der Waals surface area contributed by atoms with Gasteiger partial charge in [-0.05, 0) is 31.5 Å². The van der Waals surface area contributed by atoms with Gasteiger partial charge < -0.3 is 29.8 Å². The Morgan fingerprint density at radius 1 is 1.35 bits per heavy atom. The minimum atomic E-state index is -0.800. The third kappa shape index (κ3) is 4.16. The van der Waals surface area contributed by atoms with Crippen LogP contribution in [0.3, 0.4) is 0 Å². The van der Waals surface area contributed by atoms with E-state index in [1.165, 1.54) is 13.4 Å². The number of ether oxygens (including phenoxy) is 3. The Hall–Kier alpha value is -4.00. The second-order valence-electron chi connectivity index (χ2n) is 6.64. The molecule has 0 aliphatic carbocycles. The summed E-state index contributed by atoms with van der Waals surface area (Å²) in [7, 11) is 1.46. The second kappa shape index (κ2) is 9.21. The van der Waals surface area contributed by atoms with Gasteiger partial charge in [-0.2, -0.15) is 5.26 Å². The molecular formula is C21H23N5O5. The molecular weight excluding hydrogens is 402 g/mol. The number of hydrogen-bond acceptors (Lipinski definition) is 8. The zero-order valence-corrected chi connectivity index (χ0v) is 17.5. The molecule has 3 N–H and O–H groups in total. The molecule has 0 spiro atoms. The number of benzene rings is 1. The van der Waals surface area contributed by atoms with E-state index >= 15 is 0 Å². The summed E-state index contributed by atoms with van der Waals surface area (Å²) in [6.45, 7) is 4.82. The fourth-order valence-corrected chi connectivity index (χ4v) is 3.42. The van der Waals surface area contributed by atoms with Gasteiger partial charge in [-0.15, -0.1) is 0 Å². The van der Waals surface area contributed by atoms with Crippen LogP contribution in [-0.2, 0) is 4.79 Å². The molecule has 3 rings (SSSR count). The highest BCUT2D eigenvalue weighted by molar-refractivity contribution is 5.77. The maximum Gasteiger partial charge on any atom is 0.260 e. The molecule has 10 nitrogen and oxygen atoms in total. The van der Waals surface area contributed by atoms with E-state index in [1.807, 2.05) is 19.9 Å². The normalized spacial score (nSPS) is 14.8. The molecule has 0 radical (unpaired) electrons. The first-order valence-corrected chi connectivity index (χ1v) is 9.68. The number of hydrogen-bond donors (Lipinski definition) is 2. The average Bonchev–Trinajstić information content (AvgIpc) is 2.77. The maximum atomic E-state index is 12.5. The third-order valence-corrected chi connectivity index (χ3v) is 5.01. The highest BCUT2D eigenvalue weighted by Crippen LogP contribution is 2.41. The number of rotatable bonds is 7. The van der Waals surface area contributed by atoms with Gasteiger partial charge in [0.15, 0.2) is 18.1 Å². The molecule has 0 fully saturated rings. The molecule has 0 bridgehead atoms. The van der Waals surface area contributed by atoms with E-state index in [1.54, 1.807) is 23.1 Å². The molecule has 1 unspecified atom stereocenters. The van der Waals surface area contributed by atoms with E-state index in [0.717, 1.165) is 0 Å². The first-order valence-electron chi connectivity index (χ1n) is 9.68. The number of aromatic nitrogens is 2. The molecule has 2 aromatic rings. The van der Waals surface area contributed by atoms with E-state index < -0.39 is 11.5 Å². The zero-order valence-electron chi connectivity index (χ0n) is 17.5. The van der Waals surface area contributed by atoms with Crippen LogP contribution in [0, 0.1) is 11.3 Å². The molecule has 162 valence electrons. The highest BCUT2D eigenvalue weighted by Gasteiger charge is 2.34. The van der Waals surface area contributed by atoms with E-state index in [0.29, 0.717) is 30.2 Å². The molecule has 2 heterocycles. The van der Waals surface area contributed by atoms with Crippen LogP contribution in [0.2, 0.25) is 0 Å². The molecule has 1 aliphatic rings. The number of likely N-dealkylation sites (N-methyl/N-ethyl adjacent to an activating group) is 1. The lowest BCUT2D eigenvalue weighted by atomic mass is 9.85. The van der Waals surface area contributed by atoms with E-state index in [-0.39, 0.29) is 35.4 Å². The quantitative estimate of drug-likeness (QED) is 0.674. The van der Waals surface area contributed by atoms with E-state index in [4.69, 9.17) is 19.9 Å². The zero-order chi connectivity index (χ0) is 22.5. The molecule has 1 aromatic carbocycles. The van der Waals surface area contributed by atoms with Crippen LogP contribution in [0.1, 0.15) is 30.9 Å². The number of nitriles is 1. The Kier molecular flexibility index (Phi) is 6.45. The number of nitrogens with zero attached hydrogens (tertiary/aromatic N) is 3.